The van der Waals surface area contributed by atoms with Crippen molar-refractivity contribution in [1.82, 2.24) is 0 Å². The van der Waals surface area contributed by atoms with Gasteiger partial charge in [-0.05, 0) is 19.9 Å². The van der Waals surface area contributed by atoms with Crippen molar-refractivity contribution in [3.8, 4) is 11.5 Å². The van der Waals surface area contributed by atoms with E-state index in [4.69, 9.17) is 21.1 Å². The quantitative estimate of drug-likeness (QED) is 0.797. The smallest absolute Gasteiger partial charge is 0.141 e. The van der Waals surface area contributed by atoms with Crippen LogP contribution in [0.25, 0.3) is 0 Å². The molecule has 0 aliphatic heterocycles. The molecule has 0 unspecified atom stereocenters. The molecule has 0 saturated carbocycles. The van der Waals surface area contributed by atoms with Gasteiger partial charge in [-0.25, -0.2) is 0 Å². The summed E-state index contributed by atoms with van der Waals surface area (Å²) < 4.78 is 10.5. The molecule has 1 aromatic rings. The van der Waals surface area contributed by atoms with Crippen molar-refractivity contribution < 1.29 is 14.3 Å². The Bertz CT molecular complexity index is 388. The summed E-state index contributed by atoms with van der Waals surface area (Å²) >= 11 is 5.99. The fourth-order valence-corrected chi connectivity index (χ4v) is 1.69. The van der Waals surface area contributed by atoms with Gasteiger partial charge >= 0.3 is 0 Å². The molecule has 0 heterocycles. The first kappa shape index (κ1) is 12.8. The van der Waals surface area contributed by atoms with Gasteiger partial charge in [-0.15, -0.1) is 0 Å². The molecular weight excluding hydrogens is 228 g/mol. The number of hydrogen-bond donors (Lipinski definition) is 0. The lowest BCUT2D eigenvalue weighted by atomic mass is 10.1. The van der Waals surface area contributed by atoms with Crippen LogP contribution in [0.4, 0.5) is 0 Å². The minimum Gasteiger partial charge on any atom is -0.495 e. The van der Waals surface area contributed by atoms with Crippen molar-refractivity contribution in [3.05, 3.63) is 22.7 Å². The minimum absolute atomic E-state index is 0.0715. The van der Waals surface area contributed by atoms with Gasteiger partial charge in [0.1, 0.15) is 17.3 Å². The van der Waals surface area contributed by atoms with E-state index in [1.54, 1.807) is 19.2 Å². The second kappa shape index (κ2) is 5.75. The van der Waals surface area contributed by atoms with E-state index in [-0.39, 0.29) is 5.78 Å². The number of carbonyl (C=O) groups is 1. The second-order valence-corrected chi connectivity index (χ2v) is 3.81. The fourth-order valence-electron chi connectivity index (χ4n) is 1.43. The van der Waals surface area contributed by atoms with Gasteiger partial charge in [-0.1, -0.05) is 11.6 Å². The third kappa shape index (κ3) is 3.14. The van der Waals surface area contributed by atoms with Crippen LogP contribution in [0.5, 0.6) is 11.5 Å². The summed E-state index contributed by atoms with van der Waals surface area (Å²) in [6, 6.07) is 3.43. The Kier molecular flexibility index (Phi) is 4.62. The Morgan fingerprint density at radius 1 is 1.38 bits per heavy atom. The van der Waals surface area contributed by atoms with Crippen LogP contribution in [-0.4, -0.2) is 19.5 Å². The molecule has 0 saturated heterocycles. The predicted molar refractivity (Wildman–Crippen MR) is 63.6 cm³/mol. The summed E-state index contributed by atoms with van der Waals surface area (Å²) in [7, 11) is 1.54. The third-order valence-electron chi connectivity index (χ3n) is 2.07. The Labute approximate surface area is 100 Å². The number of rotatable bonds is 5. The topological polar surface area (TPSA) is 35.5 Å². The SMILES string of the molecule is CCOc1cc(OC)c(Cl)cc1CC(C)=O. The van der Waals surface area contributed by atoms with Gasteiger partial charge in [0, 0.05) is 18.1 Å². The predicted octanol–water partition coefficient (Wildman–Crippen LogP) is 2.88. The molecule has 1 rings (SSSR count). The zero-order chi connectivity index (χ0) is 12.1. The number of benzene rings is 1. The van der Waals surface area contributed by atoms with E-state index < -0.39 is 0 Å². The van der Waals surface area contributed by atoms with E-state index >= 15 is 0 Å². The third-order valence-corrected chi connectivity index (χ3v) is 2.37. The first-order valence-corrected chi connectivity index (χ1v) is 5.45. The lowest BCUT2D eigenvalue weighted by Crippen LogP contribution is -2.02. The Morgan fingerprint density at radius 3 is 2.56 bits per heavy atom. The van der Waals surface area contributed by atoms with Crippen molar-refractivity contribution in [1.29, 1.82) is 0 Å². The Hall–Kier alpha value is -1.22. The van der Waals surface area contributed by atoms with E-state index in [1.165, 1.54) is 6.92 Å². The van der Waals surface area contributed by atoms with Gasteiger partial charge in [0.05, 0.1) is 18.7 Å². The van der Waals surface area contributed by atoms with E-state index in [0.717, 1.165) is 5.56 Å². The van der Waals surface area contributed by atoms with Crippen LogP contribution in [0.15, 0.2) is 12.1 Å². The monoisotopic (exact) mass is 242 g/mol. The second-order valence-electron chi connectivity index (χ2n) is 3.41. The molecule has 0 fully saturated rings. The number of methoxy groups -OCH3 is 1. The maximum Gasteiger partial charge on any atom is 0.141 e. The standard InChI is InChI=1S/C12H15ClO3/c1-4-16-11-7-12(15-3)10(13)6-9(11)5-8(2)14/h6-7H,4-5H2,1-3H3. The molecular formula is C12H15ClO3. The average molecular weight is 243 g/mol. The first-order chi connectivity index (χ1) is 7.58. The molecule has 3 nitrogen and oxygen atoms in total. The molecule has 0 N–H and O–H groups in total. The van der Waals surface area contributed by atoms with Crippen LogP contribution in [0.3, 0.4) is 0 Å². The molecule has 0 aromatic heterocycles. The highest BCUT2D eigenvalue weighted by Gasteiger charge is 2.11. The number of Topliss-reactive ketones (excluding diaryl/α,β-unsaturated/α-hetero) is 1. The van der Waals surface area contributed by atoms with Crippen LogP contribution in [-0.2, 0) is 11.2 Å². The lowest BCUT2D eigenvalue weighted by molar-refractivity contribution is -0.116. The summed E-state index contributed by atoms with van der Waals surface area (Å²) in [5.41, 5.74) is 0.792. The summed E-state index contributed by atoms with van der Waals surface area (Å²) in [4.78, 5) is 11.1. The Morgan fingerprint density at radius 2 is 2.06 bits per heavy atom. The molecule has 0 aliphatic rings. The Balaban J connectivity index is 3.13. The molecule has 88 valence electrons. The number of hydrogen-bond acceptors (Lipinski definition) is 3. The molecule has 0 atom stereocenters. The normalized spacial score (nSPS) is 10.0. The summed E-state index contributed by atoms with van der Waals surface area (Å²) in [5, 5.41) is 0.488. The van der Waals surface area contributed by atoms with Gasteiger partial charge < -0.3 is 9.47 Å². The van der Waals surface area contributed by atoms with Gasteiger partial charge in [0.15, 0.2) is 0 Å². The summed E-state index contributed by atoms with van der Waals surface area (Å²) in [5.74, 6) is 1.28. The van der Waals surface area contributed by atoms with Gasteiger partial charge in [-0.3, -0.25) is 4.79 Å². The molecule has 4 heteroatoms. The van der Waals surface area contributed by atoms with Gasteiger partial charge in [-0.2, -0.15) is 0 Å². The van der Waals surface area contributed by atoms with Crippen LogP contribution in [0.1, 0.15) is 19.4 Å². The van der Waals surface area contributed by atoms with Crippen molar-refractivity contribution in [3.63, 3.8) is 0 Å². The number of halogens is 1. The lowest BCUT2D eigenvalue weighted by Gasteiger charge is -2.12. The van der Waals surface area contributed by atoms with Crippen LogP contribution in [0.2, 0.25) is 5.02 Å². The van der Waals surface area contributed by atoms with Crippen LogP contribution >= 0.6 is 11.6 Å². The highest BCUT2D eigenvalue weighted by molar-refractivity contribution is 6.32. The number of ether oxygens (including phenoxy) is 2. The van der Waals surface area contributed by atoms with E-state index in [9.17, 15) is 4.79 Å². The maximum absolute atomic E-state index is 11.1. The summed E-state index contributed by atoms with van der Waals surface area (Å²) in [6.45, 7) is 3.96. The van der Waals surface area contributed by atoms with Crippen LogP contribution < -0.4 is 9.47 Å². The van der Waals surface area contributed by atoms with Crippen molar-refractivity contribution in [2.45, 2.75) is 20.3 Å². The van der Waals surface area contributed by atoms with E-state index in [2.05, 4.69) is 0 Å². The van der Waals surface area contributed by atoms with E-state index in [0.29, 0.717) is 29.5 Å². The zero-order valence-corrected chi connectivity index (χ0v) is 10.4. The number of carbonyl (C=O) groups excluding carboxylic acids is 1. The van der Waals surface area contributed by atoms with Gasteiger partial charge in [0.2, 0.25) is 0 Å². The zero-order valence-electron chi connectivity index (χ0n) is 9.67. The molecule has 0 spiro atoms. The average Bonchev–Trinajstić information content (AvgIpc) is 2.21. The van der Waals surface area contributed by atoms with Crippen molar-refractivity contribution in [2.24, 2.45) is 0 Å². The maximum atomic E-state index is 11.1. The molecule has 16 heavy (non-hydrogen) atoms. The minimum atomic E-state index is 0.0715. The molecule has 0 amide bonds. The molecule has 1 aromatic carbocycles. The highest BCUT2D eigenvalue weighted by atomic mass is 35.5. The van der Waals surface area contributed by atoms with Gasteiger partial charge in [0.25, 0.3) is 0 Å². The molecule has 0 aliphatic carbocycles. The first-order valence-electron chi connectivity index (χ1n) is 5.07. The molecule has 0 radical (unpaired) electrons. The van der Waals surface area contributed by atoms with Crippen LogP contribution in [0, 0.1) is 0 Å². The summed E-state index contributed by atoms with van der Waals surface area (Å²) in [6.07, 6.45) is 0.318. The van der Waals surface area contributed by atoms with E-state index in [1.807, 2.05) is 6.92 Å². The molecule has 0 bridgehead atoms. The van der Waals surface area contributed by atoms with Crippen molar-refractivity contribution >= 4 is 17.4 Å². The fraction of sp³-hybridized carbons (Fsp3) is 0.417. The largest absolute Gasteiger partial charge is 0.495 e. The number of ketones is 1. The van der Waals surface area contributed by atoms with Crippen molar-refractivity contribution in [2.75, 3.05) is 13.7 Å². The highest BCUT2D eigenvalue weighted by Crippen LogP contribution is 2.33.